The molecule has 0 saturated carbocycles. The minimum atomic E-state index is -0.161. The number of likely N-dealkylation sites (N-methyl/N-ethyl adjacent to an activating group) is 3. The molecule has 0 spiro atoms. The zero-order valence-corrected chi connectivity index (χ0v) is 12.5. The molecule has 0 aromatic carbocycles. The Hall–Kier alpha value is -0.160. The van der Waals surface area contributed by atoms with Crippen molar-refractivity contribution in [2.24, 2.45) is 0 Å². The molecule has 2 unspecified atom stereocenters. The number of nitrogens with zero attached hydrogens (tertiary/aromatic N) is 2. The molecule has 104 valence electrons. The molecule has 0 amide bonds. The molecule has 0 radical (unpaired) electrons. The third-order valence-corrected chi connectivity index (χ3v) is 3.56. The van der Waals surface area contributed by atoms with E-state index in [-0.39, 0.29) is 12.1 Å². The average molecular weight is 245 g/mol. The minimum absolute atomic E-state index is 0.161. The largest absolute Gasteiger partial charge is 0.394 e. The van der Waals surface area contributed by atoms with Gasteiger partial charge in [-0.1, -0.05) is 6.92 Å². The predicted octanol–water partition coefficient (Wildman–Crippen LogP) is 0.619. The number of aliphatic hydroxyl groups excluding tert-OH is 1. The minimum Gasteiger partial charge on any atom is -0.394 e. The Bertz CT molecular complexity index is 193. The van der Waals surface area contributed by atoms with Gasteiger partial charge in [0.15, 0.2) is 0 Å². The molecule has 2 atom stereocenters. The molecule has 2 N–H and O–H groups in total. The molecule has 4 heteroatoms. The maximum absolute atomic E-state index is 9.37. The highest BCUT2D eigenvalue weighted by atomic mass is 16.3. The van der Waals surface area contributed by atoms with Crippen LogP contribution in [0.3, 0.4) is 0 Å². The van der Waals surface area contributed by atoms with Gasteiger partial charge in [-0.2, -0.15) is 0 Å². The molecule has 17 heavy (non-hydrogen) atoms. The number of aliphatic hydroxyl groups is 1. The normalized spacial score (nSPS) is 17.5. The lowest BCUT2D eigenvalue weighted by Gasteiger charge is -2.34. The molecule has 0 aliphatic rings. The van der Waals surface area contributed by atoms with Crippen LogP contribution in [0, 0.1) is 0 Å². The Balaban J connectivity index is 4.21. The van der Waals surface area contributed by atoms with Gasteiger partial charge in [-0.25, -0.2) is 0 Å². The van der Waals surface area contributed by atoms with E-state index < -0.39 is 0 Å². The Morgan fingerprint density at radius 1 is 1.35 bits per heavy atom. The maximum atomic E-state index is 9.37. The van der Waals surface area contributed by atoms with Gasteiger partial charge in [0.05, 0.1) is 6.61 Å². The second kappa shape index (κ2) is 8.03. The van der Waals surface area contributed by atoms with Crippen LogP contribution in [0.15, 0.2) is 0 Å². The summed E-state index contributed by atoms with van der Waals surface area (Å²) >= 11 is 0. The Labute approximate surface area is 107 Å². The zero-order valence-electron chi connectivity index (χ0n) is 12.5. The van der Waals surface area contributed by atoms with E-state index in [0.717, 1.165) is 26.1 Å². The van der Waals surface area contributed by atoms with Crippen molar-refractivity contribution >= 4 is 0 Å². The number of hydrogen-bond donors (Lipinski definition) is 2. The van der Waals surface area contributed by atoms with E-state index in [9.17, 15) is 5.11 Å². The fraction of sp³-hybridized carbons (Fsp3) is 1.00. The fourth-order valence-corrected chi connectivity index (χ4v) is 2.01. The smallest absolute Gasteiger partial charge is 0.0610 e. The van der Waals surface area contributed by atoms with E-state index in [2.05, 4.69) is 50.0 Å². The van der Waals surface area contributed by atoms with Crippen molar-refractivity contribution < 1.29 is 5.11 Å². The van der Waals surface area contributed by atoms with Crippen LogP contribution >= 0.6 is 0 Å². The van der Waals surface area contributed by atoms with Crippen molar-refractivity contribution in [3.8, 4) is 0 Å². The summed E-state index contributed by atoms with van der Waals surface area (Å²) in [5, 5.41) is 12.6. The summed E-state index contributed by atoms with van der Waals surface area (Å²) < 4.78 is 0. The van der Waals surface area contributed by atoms with E-state index in [1.165, 1.54) is 0 Å². The Morgan fingerprint density at radius 2 is 1.94 bits per heavy atom. The maximum Gasteiger partial charge on any atom is 0.0610 e. The van der Waals surface area contributed by atoms with Crippen LogP contribution in [-0.2, 0) is 0 Å². The summed E-state index contributed by atoms with van der Waals surface area (Å²) in [5.74, 6) is 0. The monoisotopic (exact) mass is 245 g/mol. The first-order valence-electron chi connectivity index (χ1n) is 6.57. The summed E-state index contributed by atoms with van der Waals surface area (Å²) in [6.07, 6.45) is 0.964. The Morgan fingerprint density at radius 3 is 2.29 bits per heavy atom. The first-order valence-corrected chi connectivity index (χ1v) is 6.57. The summed E-state index contributed by atoms with van der Waals surface area (Å²) in [5.41, 5.74) is -0.161. The topological polar surface area (TPSA) is 38.7 Å². The highest BCUT2D eigenvalue weighted by molar-refractivity contribution is 4.82. The van der Waals surface area contributed by atoms with Crippen LogP contribution in [0.4, 0.5) is 0 Å². The van der Waals surface area contributed by atoms with Crippen LogP contribution in [0.2, 0.25) is 0 Å². The van der Waals surface area contributed by atoms with Gasteiger partial charge < -0.3 is 15.3 Å². The van der Waals surface area contributed by atoms with Gasteiger partial charge >= 0.3 is 0 Å². The van der Waals surface area contributed by atoms with Crippen LogP contribution in [0.5, 0.6) is 0 Å². The number of nitrogens with one attached hydrogen (secondary N) is 1. The molecule has 0 aromatic heterocycles. The third-order valence-electron chi connectivity index (χ3n) is 3.56. The van der Waals surface area contributed by atoms with E-state index in [1.54, 1.807) is 0 Å². The van der Waals surface area contributed by atoms with Crippen molar-refractivity contribution in [1.29, 1.82) is 0 Å². The number of hydrogen-bond acceptors (Lipinski definition) is 4. The second-order valence-corrected chi connectivity index (χ2v) is 5.46. The molecule has 0 rings (SSSR count). The average Bonchev–Trinajstić information content (AvgIpc) is 2.28. The van der Waals surface area contributed by atoms with Crippen LogP contribution < -0.4 is 5.32 Å². The predicted molar refractivity (Wildman–Crippen MR) is 74.4 cm³/mol. The van der Waals surface area contributed by atoms with Crippen LogP contribution in [-0.4, -0.2) is 73.9 Å². The summed E-state index contributed by atoms with van der Waals surface area (Å²) in [6.45, 7) is 9.86. The van der Waals surface area contributed by atoms with Gasteiger partial charge in [-0.3, -0.25) is 4.90 Å². The molecule has 0 aromatic rings. The van der Waals surface area contributed by atoms with Gasteiger partial charge in [0.1, 0.15) is 0 Å². The second-order valence-electron chi connectivity index (χ2n) is 5.46. The van der Waals surface area contributed by atoms with Crippen LogP contribution in [0.25, 0.3) is 0 Å². The van der Waals surface area contributed by atoms with Crippen molar-refractivity contribution in [2.75, 3.05) is 47.4 Å². The molecule has 0 heterocycles. The zero-order chi connectivity index (χ0) is 13.5. The lowest BCUT2D eigenvalue weighted by Crippen LogP contribution is -2.48. The van der Waals surface area contributed by atoms with Gasteiger partial charge in [0, 0.05) is 24.7 Å². The number of rotatable bonds is 9. The van der Waals surface area contributed by atoms with Crippen molar-refractivity contribution in [2.45, 2.75) is 38.8 Å². The van der Waals surface area contributed by atoms with E-state index in [4.69, 9.17) is 0 Å². The van der Waals surface area contributed by atoms with Gasteiger partial charge in [0.25, 0.3) is 0 Å². The van der Waals surface area contributed by atoms with E-state index in [1.807, 2.05) is 7.05 Å². The molecule has 0 aliphatic carbocycles. The molecular formula is C13H31N3O. The molecule has 0 aliphatic heterocycles. The third kappa shape index (κ3) is 6.36. The molecular weight excluding hydrogens is 214 g/mol. The summed E-state index contributed by atoms with van der Waals surface area (Å²) in [6, 6.07) is 0.551. The first-order chi connectivity index (χ1) is 7.88. The quantitative estimate of drug-likeness (QED) is 0.625. The molecule has 0 fully saturated rings. The van der Waals surface area contributed by atoms with Crippen molar-refractivity contribution in [3.63, 3.8) is 0 Å². The summed E-state index contributed by atoms with van der Waals surface area (Å²) in [4.78, 5) is 4.68. The Kier molecular flexibility index (Phi) is 7.96. The lowest BCUT2D eigenvalue weighted by atomic mass is 9.98. The highest BCUT2D eigenvalue weighted by Crippen LogP contribution is 2.11. The van der Waals surface area contributed by atoms with Gasteiger partial charge in [-0.15, -0.1) is 0 Å². The SMILES string of the molecule is CCN(CCC(C)(CO)NC)C(C)CN(C)C. The van der Waals surface area contributed by atoms with Gasteiger partial charge in [0.2, 0.25) is 0 Å². The first kappa shape index (κ1) is 16.8. The highest BCUT2D eigenvalue weighted by Gasteiger charge is 2.22. The molecule has 0 saturated heterocycles. The van der Waals surface area contributed by atoms with Gasteiger partial charge in [-0.05, 0) is 48.0 Å². The van der Waals surface area contributed by atoms with Crippen LogP contribution in [0.1, 0.15) is 27.2 Å². The fourth-order valence-electron chi connectivity index (χ4n) is 2.01. The molecule has 4 nitrogen and oxygen atoms in total. The van der Waals surface area contributed by atoms with E-state index in [0.29, 0.717) is 6.04 Å². The lowest BCUT2D eigenvalue weighted by molar-refractivity contribution is 0.130. The van der Waals surface area contributed by atoms with Crippen molar-refractivity contribution in [1.82, 2.24) is 15.1 Å². The summed E-state index contributed by atoms with van der Waals surface area (Å²) in [7, 11) is 6.13. The van der Waals surface area contributed by atoms with E-state index >= 15 is 0 Å². The van der Waals surface area contributed by atoms with Crippen molar-refractivity contribution in [3.05, 3.63) is 0 Å². The standard InChI is InChI=1S/C13H31N3O/c1-7-16(12(2)10-15(5)6)9-8-13(3,11-17)14-4/h12,14,17H,7-11H2,1-6H3. The molecule has 0 bridgehead atoms.